The summed E-state index contributed by atoms with van der Waals surface area (Å²) in [6.45, 7) is 2.08. The first-order valence-corrected chi connectivity index (χ1v) is 3.79. The molecule has 0 bridgehead atoms. The Labute approximate surface area is 63.0 Å². The lowest BCUT2D eigenvalue weighted by atomic mass is 10.2. The van der Waals surface area contributed by atoms with Crippen LogP contribution in [0.25, 0.3) is 0 Å². The van der Waals surface area contributed by atoms with Gasteiger partial charge in [-0.1, -0.05) is 34.7 Å². The fourth-order valence-corrected chi connectivity index (χ4v) is 0.938. The van der Waals surface area contributed by atoms with Gasteiger partial charge in [-0.2, -0.15) is 0 Å². The summed E-state index contributed by atoms with van der Waals surface area (Å²) in [5.41, 5.74) is 1.29. The van der Waals surface area contributed by atoms with Gasteiger partial charge in [-0.25, -0.2) is 0 Å². The molecular formula is C6H8IN. The Morgan fingerprint density at radius 2 is 2.50 bits per heavy atom. The molecule has 1 aliphatic heterocycles. The standard InChI is InChI=1S/C6H8IN/c1-5-2-3-6(7)8-4-5/h2-4,6,8H,1H3. The van der Waals surface area contributed by atoms with E-state index >= 15 is 0 Å². The summed E-state index contributed by atoms with van der Waals surface area (Å²) in [4.78, 5) is 0. The topological polar surface area (TPSA) is 12.0 Å². The van der Waals surface area contributed by atoms with E-state index in [2.05, 4.69) is 47.0 Å². The summed E-state index contributed by atoms with van der Waals surface area (Å²) < 4.78 is 0.483. The van der Waals surface area contributed by atoms with Crippen molar-refractivity contribution in [3.63, 3.8) is 0 Å². The Kier molecular flexibility index (Phi) is 1.94. The average molecular weight is 221 g/mol. The van der Waals surface area contributed by atoms with Crippen molar-refractivity contribution < 1.29 is 0 Å². The van der Waals surface area contributed by atoms with Crippen LogP contribution in [0.3, 0.4) is 0 Å². The van der Waals surface area contributed by atoms with E-state index in [1.165, 1.54) is 5.57 Å². The van der Waals surface area contributed by atoms with E-state index in [4.69, 9.17) is 0 Å². The molecule has 1 unspecified atom stereocenters. The summed E-state index contributed by atoms with van der Waals surface area (Å²) in [7, 11) is 0. The lowest BCUT2D eigenvalue weighted by Crippen LogP contribution is -2.16. The van der Waals surface area contributed by atoms with E-state index in [1.807, 2.05) is 6.20 Å². The third-order valence-electron chi connectivity index (χ3n) is 0.998. The zero-order chi connectivity index (χ0) is 5.98. The molecule has 1 heterocycles. The van der Waals surface area contributed by atoms with E-state index in [9.17, 15) is 0 Å². The van der Waals surface area contributed by atoms with Gasteiger partial charge in [0.05, 0.1) is 4.05 Å². The lowest BCUT2D eigenvalue weighted by molar-refractivity contribution is 0.927. The minimum absolute atomic E-state index is 0.483. The van der Waals surface area contributed by atoms with Crippen LogP contribution in [0.15, 0.2) is 23.9 Å². The normalized spacial score (nSPS) is 26.8. The van der Waals surface area contributed by atoms with Crippen molar-refractivity contribution in [3.05, 3.63) is 23.9 Å². The van der Waals surface area contributed by atoms with Gasteiger partial charge in [-0.05, 0) is 12.5 Å². The number of hydrogen-bond acceptors (Lipinski definition) is 1. The average Bonchev–Trinajstić information content (AvgIpc) is 1.77. The molecule has 0 amide bonds. The van der Waals surface area contributed by atoms with E-state index < -0.39 is 0 Å². The maximum Gasteiger partial charge on any atom is 0.0965 e. The summed E-state index contributed by atoms with van der Waals surface area (Å²) >= 11 is 2.32. The minimum Gasteiger partial charge on any atom is -0.376 e. The van der Waals surface area contributed by atoms with Crippen molar-refractivity contribution in [2.75, 3.05) is 0 Å². The van der Waals surface area contributed by atoms with Crippen LogP contribution in [0.2, 0.25) is 0 Å². The highest BCUT2D eigenvalue weighted by Gasteiger charge is 1.97. The largest absolute Gasteiger partial charge is 0.376 e. The van der Waals surface area contributed by atoms with Gasteiger partial charge in [0, 0.05) is 6.20 Å². The lowest BCUT2D eigenvalue weighted by Gasteiger charge is -2.09. The van der Waals surface area contributed by atoms with Crippen molar-refractivity contribution >= 4 is 22.6 Å². The second-order valence-electron chi connectivity index (χ2n) is 1.82. The van der Waals surface area contributed by atoms with Crippen LogP contribution >= 0.6 is 22.6 Å². The van der Waals surface area contributed by atoms with E-state index in [-0.39, 0.29) is 0 Å². The summed E-state index contributed by atoms with van der Waals surface area (Å²) in [5.74, 6) is 0. The van der Waals surface area contributed by atoms with Crippen molar-refractivity contribution in [3.8, 4) is 0 Å². The van der Waals surface area contributed by atoms with Gasteiger partial charge >= 0.3 is 0 Å². The molecule has 0 saturated heterocycles. The predicted molar refractivity (Wildman–Crippen MR) is 43.8 cm³/mol. The summed E-state index contributed by atoms with van der Waals surface area (Å²) in [5, 5.41) is 3.17. The Morgan fingerprint density at radius 1 is 1.75 bits per heavy atom. The van der Waals surface area contributed by atoms with Crippen LogP contribution in [-0.2, 0) is 0 Å². The number of allylic oxidation sites excluding steroid dienone is 2. The third kappa shape index (κ3) is 1.51. The predicted octanol–water partition coefficient (Wildman–Crippen LogP) is 1.81. The van der Waals surface area contributed by atoms with Crippen molar-refractivity contribution in [1.29, 1.82) is 0 Å². The number of halogens is 1. The maximum absolute atomic E-state index is 3.17. The number of alkyl halides is 1. The molecule has 0 saturated carbocycles. The number of hydrogen-bond donors (Lipinski definition) is 1. The van der Waals surface area contributed by atoms with E-state index in [0.29, 0.717) is 4.05 Å². The molecule has 0 aromatic carbocycles. The smallest absolute Gasteiger partial charge is 0.0965 e. The first-order valence-electron chi connectivity index (χ1n) is 2.54. The molecule has 2 heteroatoms. The van der Waals surface area contributed by atoms with Crippen LogP contribution in [0, 0.1) is 0 Å². The highest BCUT2D eigenvalue weighted by Crippen LogP contribution is 2.06. The van der Waals surface area contributed by atoms with Gasteiger partial charge in [0.1, 0.15) is 0 Å². The fourth-order valence-electron chi connectivity index (χ4n) is 0.551. The molecule has 44 valence electrons. The maximum atomic E-state index is 3.17. The van der Waals surface area contributed by atoms with Crippen molar-refractivity contribution in [1.82, 2.24) is 5.32 Å². The number of dihydropyridines is 1. The molecule has 0 aromatic rings. The molecular weight excluding hydrogens is 213 g/mol. The second kappa shape index (κ2) is 2.53. The molecule has 0 aromatic heterocycles. The van der Waals surface area contributed by atoms with Crippen molar-refractivity contribution in [2.45, 2.75) is 11.0 Å². The summed E-state index contributed by atoms with van der Waals surface area (Å²) in [6, 6.07) is 0. The molecule has 0 radical (unpaired) electrons. The van der Waals surface area contributed by atoms with Crippen molar-refractivity contribution in [2.24, 2.45) is 0 Å². The molecule has 0 spiro atoms. The van der Waals surface area contributed by atoms with Gasteiger partial charge in [0.25, 0.3) is 0 Å². The zero-order valence-corrected chi connectivity index (χ0v) is 6.84. The Balaban J connectivity index is 2.58. The molecule has 0 aliphatic carbocycles. The summed E-state index contributed by atoms with van der Waals surface area (Å²) in [6.07, 6.45) is 6.28. The second-order valence-corrected chi connectivity index (χ2v) is 3.16. The number of rotatable bonds is 0. The Hall–Kier alpha value is 0.01000. The van der Waals surface area contributed by atoms with Gasteiger partial charge < -0.3 is 5.32 Å². The quantitative estimate of drug-likeness (QED) is 0.373. The molecule has 1 N–H and O–H groups in total. The van der Waals surface area contributed by atoms with Crippen LogP contribution in [-0.4, -0.2) is 4.05 Å². The van der Waals surface area contributed by atoms with Crippen LogP contribution in [0.5, 0.6) is 0 Å². The molecule has 1 aliphatic rings. The molecule has 1 atom stereocenters. The van der Waals surface area contributed by atoms with Gasteiger partial charge in [0.15, 0.2) is 0 Å². The van der Waals surface area contributed by atoms with E-state index in [1.54, 1.807) is 0 Å². The van der Waals surface area contributed by atoms with Gasteiger partial charge in [0.2, 0.25) is 0 Å². The molecule has 8 heavy (non-hydrogen) atoms. The highest BCUT2D eigenvalue weighted by molar-refractivity contribution is 14.1. The Morgan fingerprint density at radius 3 is 2.88 bits per heavy atom. The SMILES string of the molecule is CC1=CNC(I)C=C1. The van der Waals surface area contributed by atoms with Gasteiger partial charge in [-0.15, -0.1) is 0 Å². The number of nitrogens with one attached hydrogen (secondary N) is 1. The van der Waals surface area contributed by atoms with Crippen LogP contribution in [0.1, 0.15) is 6.92 Å². The molecule has 1 rings (SSSR count). The fraction of sp³-hybridized carbons (Fsp3) is 0.333. The zero-order valence-electron chi connectivity index (χ0n) is 4.69. The molecule has 1 nitrogen and oxygen atoms in total. The third-order valence-corrected chi connectivity index (χ3v) is 1.77. The Bertz CT molecular complexity index is 137. The van der Waals surface area contributed by atoms with Crippen LogP contribution < -0.4 is 5.32 Å². The monoisotopic (exact) mass is 221 g/mol. The first kappa shape index (κ1) is 6.13. The van der Waals surface area contributed by atoms with Gasteiger partial charge in [-0.3, -0.25) is 0 Å². The first-order chi connectivity index (χ1) is 3.79. The highest BCUT2D eigenvalue weighted by atomic mass is 127. The minimum atomic E-state index is 0.483. The molecule has 0 fully saturated rings. The van der Waals surface area contributed by atoms with Crippen LogP contribution in [0.4, 0.5) is 0 Å². The van der Waals surface area contributed by atoms with E-state index in [0.717, 1.165) is 0 Å².